The van der Waals surface area contributed by atoms with Crippen molar-refractivity contribution in [2.24, 2.45) is 5.41 Å². The number of halogens is 3. The van der Waals surface area contributed by atoms with E-state index in [1.807, 2.05) is 6.07 Å². The number of alkyl halides is 3. The lowest BCUT2D eigenvalue weighted by Gasteiger charge is -2.49. The van der Waals surface area contributed by atoms with Gasteiger partial charge in [0.1, 0.15) is 10.6 Å². The number of aromatic amines is 1. The molecule has 4 aromatic rings. The van der Waals surface area contributed by atoms with Crippen LogP contribution in [-0.2, 0) is 13.0 Å². The number of benzene rings is 1. The molecule has 1 spiro atoms. The van der Waals surface area contributed by atoms with E-state index >= 15 is 0 Å². The fraction of sp³-hybridized carbons (Fsp3) is 0.423. The molecule has 11 heteroatoms. The topological polar surface area (TPSA) is 81.8 Å². The van der Waals surface area contributed by atoms with Gasteiger partial charge in [0.15, 0.2) is 0 Å². The highest BCUT2D eigenvalue weighted by molar-refractivity contribution is 7.18. The van der Waals surface area contributed by atoms with Crippen molar-refractivity contribution in [1.82, 2.24) is 25.5 Å². The van der Waals surface area contributed by atoms with Crippen LogP contribution in [0.15, 0.2) is 42.6 Å². The van der Waals surface area contributed by atoms with Crippen molar-refractivity contribution in [2.75, 3.05) is 30.4 Å². The van der Waals surface area contributed by atoms with Crippen LogP contribution in [0.25, 0.3) is 21.5 Å². The number of aromatic nitrogens is 4. The van der Waals surface area contributed by atoms with Crippen LogP contribution in [0.3, 0.4) is 0 Å². The number of hydrogen-bond donors (Lipinski definition) is 3. The van der Waals surface area contributed by atoms with Crippen molar-refractivity contribution >= 4 is 33.3 Å². The maximum absolute atomic E-state index is 13.0. The van der Waals surface area contributed by atoms with Gasteiger partial charge in [0.2, 0.25) is 5.95 Å². The second kappa shape index (κ2) is 9.29. The Kier molecular flexibility index (Phi) is 6.07. The zero-order valence-corrected chi connectivity index (χ0v) is 21.2. The predicted octanol–water partition coefficient (Wildman–Crippen LogP) is 5.38. The summed E-state index contributed by atoms with van der Waals surface area (Å²) in [6.45, 7) is 2.53. The summed E-state index contributed by atoms with van der Waals surface area (Å²) in [5.74, 6) is 1.17. The summed E-state index contributed by atoms with van der Waals surface area (Å²) in [6.07, 6.45) is -0.0989. The molecule has 37 heavy (non-hydrogen) atoms. The molecule has 1 aliphatic heterocycles. The van der Waals surface area contributed by atoms with E-state index in [1.54, 1.807) is 19.3 Å². The Morgan fingerprint density at radius 1 is 1.19 bits per heavy atom. The molecule has 194 valence electrons. The molecule has 0 amide bonds. The number of hydrogen-bond acceptors (Lipinski definition) is 7. The molecule has 2 aliphatic rings. The molecular weight excluding hydrogens is 499 g/mol. The molecule has 6 rings (SSSR count). The first-order valence-corrected chi connectivity index (χ1v) is 13.2. The standard InChI is InChI=1S/C26H28F3N7S/c1-30-24-33-22(20-10-19(12-26(27,28)29)37-23(20)34-24)36-14-25(15-36)7-5-18(11-25)31-13-16-3-2-4-17(9-16)21-6-8-32-35-21/h2-4,6,8-10,18,31H,5,7,11-15H2,1H3,(H,32,35)(H,30,33,34)/t18-/m0/s1. The number of rotatable bonds is 7. The minimum Gasteiger partial charge on any atom is -0.357 e. The van der Waals surface area contributed by atoms with Gasteiger partial charge in [-0.2, -0.15) is 23.3 Å². The molecule has 1 aromatic carbocycles. The van der Waals surface area contributed by atoms with E-state index in [0.717, 1.165) is 67.3 Å². The van der Waals surface area contributed by atoms with Gasteiger partial charge in [-0.05, 0) is 48.6 Å². The summed E-state index contributed by atoms with van der Waals surface area (Å²) in [5.41, 5.74) is 3.58. The summed E-state index contributed by atoms with van der Waals surface area (Å²) < 4.78 is 38.9. The predicted molar refractivity (Wildman–Crippen MR) is 140 cm³/mol. The zero-order valence-electron chi connectivity index (χ0n) is 20.4. The van der Waals surface area contributed by atoms with Crippen molar-refractivity contribution in [3.63, 3.8) is 0 Å². The van der Waals surface area contributed by atoms with E-state index < -0.39 is 12.6 Å². The number of thiophene rings is 1. The van der Waals surface area contributed by atoms with E-state index in [2.05, 4.69) is 60.0 Å². The second-order valence-electron chi connectivity index (χ2n) is 10.2. The molecule has 3 N–H and O–H groups in total. The first kappa shape index (κ1) is 24.2. The number of H-pyrrole nitrogens is 1. The molecular formula is C26H28F3N7S. The van der Waals surface area contributed by atoms with E-state index in [9.17, 15) is 13.2 Å². The largest absolute Gasteiger partial charge is 0.393 e. The molecule has 0 radical (unpaired) electrons. The summed E-state index contributed by atoms with van der Waals surface area (Å²) >= 11 is 1.10. The summed E-state index contributed by atoms with van der Waals surface area (Å²) in [7, 11) is 1.73. The summed E-state index contributed by atoms with van der Waals surface area (Å²) in [6, 6.07) is 12.5. The Morgan fingerprint density at radius 3 is 2.81 bits per heavy atom. The van der Waals surface area contributed by atoms with Crippen LogP contribution in [-0.4, -0.2) is 52.5 Å². The highest BCUT2D eigenvalue weighted by Crippen LogP contribution is 2.48. The third-order valence-electron chi connectivity index (χ3n) is 7.41. The quantitative estimate of drug-likeness (QED) is 0.300. The molecule has 2 fully saturated rings. The maximum atomic E-state index is 13.0. The molecule has 1 saturated carbocycles. The Hall–Kier alpha value is -3.18. The van der Waals surface area contributed by atoms with Crippen LogP contribution in [0, 0.1) is 5.41 Å². The second-order valence-corrected chi connectivity index (χ2v) is 11.3. The SMILES string of the molecule is CNc1nc(N2CC3(CC[C@H](NCc4cccc(-c5ccn[nH]5)c4)C3)C2)c2cc(CC(F)(F)F)sc2n1. The molecule has 1 aliphatic carbocycles. The van der Waals surface area contributed by atoms with Crippen molar-refractivity contribution in [1.29, 1.82) is 0 Å². The minimum absolute atomic E-state index is 0.220. The molecule has 0 bridgehead atoms. The summed E-state index contributed by atoms with van der Waals surface area (Å²) in [5, 5.41) is 14.5. The lowest BCUT2D eigenvalue weighted by atomic mass is 9.78. The normalized spacial score (nSPS) is 19.0. The monoisotopic (exact) mass is 527 g/mol. The molecule has 1 atom stereocenters. The molecule has 3 aromatic heterocycles. The highest BCUT2D eigenvalue weighted by Gasteiger charge is 2.48. The van der Waals surface area contributed by atoms with Crippen molar-refractivity contribution in [3.05, 3.63) is 53.0 Å². The first-order valence-electron chi connectivity index (χ1n) is 12.4. The van der Waals surface area contributed by atoms with Gasteiger partial charge in [0.25, 0.3) is 0 Å². The van der Waals surface area contributed by atoms with E-state index in [1.165, 1.54) is 5.56 Å². The summed E-state index contributed by atoms with van der Waals surface area (Å²) in [4.78, 5) is 12.1. The van der Waals surface area contributed by atoms with Crippen LogP contribution in [0.2, 0.25) is 0 Å². The van der Waals surface area contributed by atoms with Gasteiger partial charge in [-0.15, -0.1) is 11.3 Å². The van der Waals surface area contributed by atoms with Crippen molar-refractivity contribution in [2.45, 2.75) is 44.4 Å². The number of fused-ring (bicyclic) bond motifs is 1. The Bertz CT molecular complexity index is 1390. The Balaban J connectivity index is 1.11. The van der Waals surface area contributed by atoms with E-state index in [4.69, 9.17) is 0 Å². The van der Waals surface area contributed by atoms with E-state index in [0.29, 0.717) is 22.2 Å². The average molecular weight is 528 g/mol. The van der Waals surface area contributed by atoms with Crippen molar-refractivity contribution in [3.8, 4) is 11.3 Å². The first-order chi connectivity index (χ1) is 17.8. The number of nitrogens with zero attached hydrogens (tertiary/aromatic N) is 4. The number of anilines is 2. The maximum Gasteiger partial charge on any atom is 0.393 e. The highest BCUT2D eigenvalue weighted by atomic mass is 32.1. The van der Waals surface area contributed by atoms with Gasteiger partial charge in [0.05, 0.1) is 17.5 Å². The van der Waals surface area contributed by atoms with Gasteiger partial charge in [-0.3, -0.25) is 5.10 Å². The van der Waals surface area contributed by atoms with Crippen LogP contribution < -0.4 is 15.5 Å². The lowest BCUT2D eigenvalue weighted by molar-refractivity contribution is -0.126. The van der Waals surface area contributed by atoms with Gasteiger partial charge in [-0.1, -0.05) is 18.2 Å². The third kappa shape index (κ3) is 5.02. The van der Waals surface area contributed by atoms with Gasteiger partial charge < -0.3 is 15.5 Å². The van der Waals surface area contributed by atoms with Gasteiger partial charge in [0, 0.05) is 49.2 Å². The smallest absolute Gasteiger partial charge is 0.357 e. The average Bonchev–Trinajstić information content (AvgIpc) is 3.60. The van der Waals surface area contributed by atoms with Gasteiger partial charge in [-0.25, -0.2) is 4.98 Å². The lowest BCUT2D eigenvalue weighted by Crippen LogP contribution is -2.56. The minimum atomic E-state index is -4.24. The zero-order chi connectivity index (χ0) is 25.6. The van der Waals surface area contributed by atoms with Gasteiger partial charge >= 0.3 is 6.18 Å². The van der Waals surface area contributed by atoms with Crippen LogP contribution in [0.1, 0.15) is 29.7 Å². The fourth-order valence-corrected chi connectivity index (χ4v) is 6.76. The third-order valence-corrected chi connectivity index (χ3v) is 8.44. The fourth-order valence-electron chi connectivity index (χ4n) is 5.70. The van der Waals surface area contributed by atoms with Crippen LogP contribution in [0.5, 0.6) is 0 Å². The van der Waals surface area contributed by atoms with E-state index in [-0.39, 0.29) is 10.3 Å². The molecule has 4 heterocycles. The van der Waals surface area contributed by atoms with Crippen LogP contribution >= 0.6 is 11.3 Å². The molecule has 1 saturated heterocycles. The molecule has 7 nitrogen and oxygen atoms in total. The van der Waals surface area contributed by atoms with Crippen molar-refractivity contribution < 1.29 is 13.2 Å². The Labute approximate surface area is 216 Å². The van der Waals surface area contributed by atoms with Crippen LogP contribution in [0.4, 0.5) is 24.9 Å². The Morgan fingerprint density at radius 2 is 2.05 bits per heavy atom. The molecule has 0 unspecified atom stereocenters. The number of nitrogens with one attached hydrogen (secondary N) is 3.